The van der Waals surface area contributed by atoms with Crippen molar-refractivity contribution in [2.24, 2.45) is 5.73 Å². The van der Waals surface area contributed by atoms with Crippen LogP contribution < -0.4 is 21.7 Å². The summed E-state index contributed by atoms with van der Waals surface area (Å²) >= 11 is 0. The van der Waals surface area contributed by atoms with Crippen LogP contribution in [0.3, 0.4) is 0 Å². The van der Waals surface area contributed by atoms with Gasteiger partial charge in [0.2, 0.25) is 17.7 Å². The minimum Gasteiger partial charge on any atom is -0.448 e. The van der Waals surface area contributed by atoms with Crippen LogP contribution in [0.25, 0.3) is 0 Å². The first-order valence-electron chi connectivity index (χ1n) is 8.66. The highest BCUT2D eigenvalue weighted by Gasteiger charge is 2.22. The van der Waals surface area contributed by atoms with E-state index in [0.717, 1.165) is 12.0 Å². The number of rotatable bonds is 11. The normalized spacial score (nSPS) is 11.1. The number of hydrogen-bond acceptors (Lipinski definition) is 5. The summed E-state index contributed by atoms with van der Waals surface area (Å²) in [6, 6.07) is 8.66. The molecule has 27 heavy (non-hydrogen) atoms. The summed E-state index contributed by atoms with van der Waals surface area (Å²) in [5.41, 5.74) is 6.27. The Kier molecular flexibility index (Phi) is 9.98. The number of nitrogens with one attached hydrogen (secondary N) is 3. The van der Waals surface area contributed by atoms with Crippen molar-refractivity contribution in [3.63, 3.8) is 0 Å². The van der Waals surface area contributed by atoms with E-state index in [2.05, 4.69) is 16.0 Å². The van der Waals surface area contributed by atoms with Gasteiger partial charge >= 0.3 is 6.09 Å². The summed E-state index contributed by atoms with van der Waals surface area (Å²) < 4.78 is 4.73. The Labute approximate surface area is 158 Å². The molecule has 1 aromatic rings. The molecule has 4 amide bonds. The van der Waals surface area contributed by atoms with Gasteiger partial charge in [-0.25, -0.2) is 4.79 Å². The fourth-order valence-electron chi connectivity index (χ4n) is 2.29. The molecule has 1 aromatic carbocycles. The lowest BCUT2D eigenvalue weighted by Crippen LogP contribution is -2.49. The Morgan fingerprint density at radius 1 is 1.15 bits per heavy atom. The van der Waals surface area contributed by atoms with E-state index in [-0.39, 0.29) is 31.9 Å². The van der Waals surface area contributed by atoms with E-state index in [9.17, 15) is 19.2 Å². The summed E-state index contributed by atoms with van der Waals surface area (Å²) in [7, 11) is 1.41. The van der Waals surface area contributed by atoms with E-state index >= 15 is 0 Å². The third kappa shape index (κ3) is 9.83. The number of ether oxygens (including phenoxy) is 1. The molecule has 0 aliphatic rings. The number of alkyl carbamates (subject to hydrolysis) is 1. The third-order valence-corrected chi connectivity index (χ3v) is 3.61. The van der Waals surface area contributed by atoms with Crippen LogP contribution in [0.5, 0.6) is 0 Å². The summed E-state index contributed by atoms with van der Waals surface area (Å²) in [4.78, 5) is 46.3. The van der Waals surface area contributed by atoms with E-state index < -0.39 is 23.9 Å². The maximum atomic E-state index is 12.1. The second-order valence-electron chi connectivity index (χ2n) is 5.81. The molecule has 9 nitrogen and oxygen atoms in total. The lowest BCUT2D eigenvalue weighted by Gasteiger charge is -2.17. The number of carbonyl (C=O) groups excluding carboxylic acids is 4. The van der Waals surface area contributed by atoms with Crippen LogP contribution in [0, 0.1) is 0 Å². The maximum absolute atomic E-state index is 12.1. The molecule has 148 valence electrons. The highest BCUT2D eigenvalue weighted by molar-refractivity contribution is 5.91. The molecule has 1 rings (SSSR count). The van der Waals surface area contributed by atoms with Crippen molar-refractivity contribution in [2.45, 2.75) is 31.7 Å². The quantitative estimate of drug-likeness (QED) is 0.396. The SMILES string of the molecule is CNC(=O)OCCNC(=O)[C@@H](CC(N)=O)NC(=O)CCCc1ccccc1. The molecule has 0 heterocycles. The third-order valence-electron chi connectivity index (χ3n) is 3.61. The standard InChI is InChI=1S/C18H26N4O5/c1-20-18(26)27-11-10-21-17(25)14(12-15(19)23)22-16(24)9-5-8-13-6-3-2-4-7-13/h2-4,6-7,14H,5,8-12H2,1H3,(H2,19,23)(H,20,26)(H,21,25)(H,22,24)/t14-/m1/s1. The molecule has 0 spiro atoms. The number of nitrogens with two attached hydrogens (primary N) is 1. The molecule has 0 bridgehead atoms. The van der Waals surface area contributed by atoms with Gasteiger partial charge < -0.3 is 26.4 Å². The number of amides is 4. The number of carbonyl (C=O) groups is 4. The van der Waals surface area contributed by atoms with Crippen molar-refractivity contribution in [1.29, 1.82) is 0 Å². The first kappa shape index (κ1) is 21.9. The number of benzene rings is 1. The Balaban J connectivity index is 2.40. The van der Waals surface area contributed by atoms with Gasteiger partial charge in [-0.15, -0.1) is 0 Å². The summed E-state index contributed by atoms with van der Waals surface area (Å²) in [5, 5.41) is 7.28. The Morgan fingerprint density at radius 2 is 1.85 bits per heavy atom. The topological polar surface area (TPSA) is 140 Å². The molecule has 5 N–H and O–H groups in total. The van der Waals surface area contributed by atoms with Gasteiger partial charge in [0.1, 0.15) is 12.6 Å². The van der Waals surface area contributed by atoms with Crippen molar-refractivity contribution in [1.82, 2.24) is 16.0 Å². The van der Waals surface area contributed by atoms with Crippen LogP contribution in [0.15, 0.2) is 30.3 Å². The molecule has 0 unspecified atom stereocenters. The van der Waals surface area contributed by atoms with Crippen LogP contribution in [0.4, 0.5) is 4.79 Å². The number of primary amides is 1. The summed E-state index contributed by atoms with van der Waals surface area (Å²) in [5.74, 6) is -1.61. The van der Waals surface area contributed by atoms with E-state index in [4.69, 9.17) is 10.5 Å². The summed E-state index contributed by atoms with van der Waals surface area (Å²) in [6.07, 6.45) is 0.632. The Morgan fingerprint density at radius 3 is 2.48 bits per heavy atom. The van der Waals surface area contributed by atoms with Crippen molar-refractivity contribution in [3.8, 4) is 0 Å². The first-order chi connectivity index (χ1) is 12.9. The average Bonchev–Trinajstić information content (AvgIpc) is 2.64. The predicted octanol–water partition coefficient (Wildman–Crippen LogP) is -0.158. The maximum Gasteiger partial charge on any atom is 0.406 e. The smallest absolute Gasteiger partial charge is 0.406 e. The molecule has 0 saturated carbocycles. The van der Waals surface area contributed by atoms with E-state index in [1.807, 2.05) is 30.3 Å². The predicted molar refractivity (Wildman–Crippen MR) is 98.5 cm³/mol. The molecule has 0 aromatic heterocycles. The zero-order valence-electron chi connectivity index (χ0n) is 15.3. The number of hydrogen-bond donors (Lipinski definition) is 4. The molecular weight excluding hydrogens is 352 g/mol. The molecule has 1 atom stereocenters. The lowest BCUT2D eigenvalue weighted by atomic mass is 10.1. The minimum absolute atomic E-state index is 0.0419. The monoisotopic (exact) mass is 378 g/mol. The Hall–Kier alpha value is -3.10. The molecule has 9 heteroatoms. The van der Waals surface area contributed by atoms with Gasteiger partial charge in [0.25, 0.3) is 0 Å². The largest absolute Gasteiger partial charge is 0.448 e. The van der Waals surface area contributed by atoms with Crippen LogP contribution >= 0.6 is 0 Å². The molecule has 0 saturated heterocycles. The van der Waals surface area contributed by atoms with Gasteiger partial charge in [0.05, 0.1) is 13.0 Å². The molecule has 0 aliphatic carbocycles. The van der Waals surface area contributed by atoms with Crippen molar-refractivity contribution < 1.29 is 23.9 Å². The van der Waals surface area contributed by atoms with Crippen LogP contribution in [-0.2, 0) is 25.5 Å². The lowest BCUT2D eigenvalue weighted by molar-refractivity contribution is -0.131. The Bertz CT molecular complexity index is 636. The zero-order valence-corrected chi connectivity index (χ0v) is 15.3. The van der Waals surface area contributed by atoms with Gasteiger partial charge in [-0.2, -0.15) is 0 Å². The van der Waals surface area contributed by atoms with Crippen molar-refractivity contribution >= 4 is 23.8 Å². The highest BCUT2D eigenvalue weighted by atomic mass is 16.5. The second-order valence-corrected chi connectivity index (χ2v) is 5.81. The minimum atomic E-state index is -1.06. The molecule has 0 aliphatic heterocycles. The highest BCUT2D eigenvalue weighted by Crippen LogP contribution is 2.05. The first-order valence-corrected chi connectivity index (χ1v) is 8.66. The van der Waals surface area contributed by atoms with Gasteiger partial charge in [0.15, 0.2) is 0 Å². The van der Waals surface area contributed by atoms with Crippen LogP contribution in [0.1, 0.15) is 24.8 Å². The average molecular weight is 378 g/mol. The molecule has 0 radical (unpaired) electrons. The molecule has 0 fully saturated rings. The fraction of sp³-hybridized carbons (Fsp3) is 0.444. The van der Waals surface area contributed by atoms with E-state index in [1.165, 1.54) is 7.05 Å². The fourth-order valence-corrected chi connectivity index (χ4v) is 2.29. The molecular formula is C18H26N4O5. The van der Waals surface area contributed by atoms with E-state index in [0.29, 0.717) is 6.42 Å². The van der Waals surface area contributed by atoms with Crippen molar-refractivity contribution in [2.75, 3.05) is 20.2 Å². The van der Waals surface area contributed by atoms with Gasteiger partial charge in [-0.05, 0) is 18.4 Å². The van der Waals surface area contributed by atoms with Crippen LogP contribution in [-0.4, -0.2) is 50.1 Å². The second kappa shape index (κ2) is 12.3. The zero-order chi connectivity index (χ0) is 20.1. The van der Waals surface area contributed by atoms with Crippen molar-refractivity contribution in [3.05, 3.63) is 35.9 Å². The van der Waals surface area contributed by atoms with E-state index in [1.54, 1.807) is 0 Å². The summed E-state index contributed by atoms with van der Waals surface area (Å²) in [6.45, 7) is 0.00508. The number of aryl methyl sites for hydroxylation is 1. The van der Waals surface area contributed by atoms with Gasteiger partial charge in [0, 0.05) is 13.5 Å². The van der Waals surface area contributed by atoms with Gasteiger partial charge in [-0.1, -0.05) is 30.3 Å². The van der Waals surface area contributed by atoms with Crippen LogP contribution in [0.2, 0.25) is 0 Å². The van der Waals surface area contributed by atoms with Gasteiger partial charge in [-0.3, -0.25) is 14.4 Å².